The first-order valence-corrected chi connectivity index (χ1v) is 8.50. The summed E-state index contributed by atoms with van der Waals surface area (Å²) in [6, 6.07) is 0. The molecule has 0 aromatic carbocycles. The molecule has 1 unspecified atom stereocenters. The van der Waals surface area contributed by atoms with Gasteiger partial charge in [-0.3, -0.25) is 0 Å². The number of nitrogens with two attached hydrogens (primary N) is 1. The van der Waals surface area contributed by atoms with Crippen LogP contribution in [0.25, 0.3) is 0 Å². The Morgan fingerprint density at radius 2 is 2.17 bits per heavy atom. The first-order chi connectivity index (χ1) is 8.60. The average Bonchev–Trinajstić information content (AvgIpc) is 2.37. The van der Waals surface area contributed by atoms with E-state index in [1.807, 2.05) is 0 Å². The first kappa shape index (κ1) is 15.9. The minimum absolute atomic E-state index is 0.0722. The molecule has 6 heteroatoms. The largest absolute Gasteiger partial charge is 0.377 e. The van der Waals surface area contributed by atoms with Gasteiger partial charge in [0.2, 0.25) is 10.0 Å². The monoisotopic (exact) mass is 278 g/mol. The first-order valence-electron chi connectivity index (χ1n) is 6.89. The van der Waals surface area contributed by atoms with Crippen molar-refractivity contribution in [1.29, 1.82) is 0 Å². The van der Waals surface area contributed by atoms with Crippen LogP contribution in [0.1, 0.15) is 39.0 Å². The van der Waals surface area contributed by atoms with Crippen LogP contribution in [0, 0.1) is 0 Å². The van der Waals surface area contributed by atoms with Gasteiger partial charge in [0.1, 0.15) is 0 Å². The van der Waals surface area contributed by atoms with Gasteiger partial charge >= 0.3 is 0 Å². The maximum atomic E-state index is 12.1. The zero-order valence-electron chi connectivity index (χ0n) is 11.3. The molecule has 1 atom stereocenters. The number of piperidine rings is 1. The van der Waals surface area contributed by atoms with E-state index in [1.165, 1.54) is 0 Å². The van der Waals surface area contributed by atoms with E-state index in [0.29, 0.717) is 32.7 Å². The van der Waals surface area contributed by atoms with Crippen molar-refractivity contribution in [3.63, 3.8) is 0 Å². The number of ether oxygens (including phenoxy) is 1. The van der Waals surface area contributed by atoms with Crippen LogP contribution in [-0.4, -0.2) is 50.8 Å². The fraction of sp³-hybridized carbons (Fsp3) is 1.00. The van der Waals surface area contributed by atoms with Crippen LogP contribution in [0.5, 0.6) is 0 Å². The zero-order valence-corrected chi connectivity index (χ0v) is 12.1. The molecule has 0 radical (unpaired) electrons. The second-order valence-electron chi connectivity index (χ2n) is 4.80. The highest BCUT2D eigenvalue weighted by Crippen LogP contribution is 2.17. The van der Waals surface area contributed by atoms with Gasteiger partial charge in [-0.05, 0) is 38.6 Å². The van der Waals surface area contributed by atoms with Crippen LogP contribution in [-0.2, 0) is 14.8 Å². The molecule has 0 amide bonds. The van der Waals surface area contributed by atoms with Gasteiger partial charge in [-0.2, -0.15) is 4.31 Å². The summed E-state index contributed by atoms with van der Waals surface area (Å²) in [5, 5.41) is 0. The summed E-state index contributed by atoms with van der Waals surface area (Å²) >= 11 is 0. The summed E-state index contributed by atoms with van der Waals surface area (Å²) in [6.45, 7) is 4.48. The van der Waals surface area contributed by atoms with Crippen molar-refractivity contribution >= 4 is 10.0 Å². The average molecular weight is 278 g/mol. The summed E-state index contributed by atoms with van der Waals surface area (Å²) in [4.78, 5) is 0. The molecule has 0 aliphatic carbocycles. The highest BCUT2D eigenvalue weighted by atomic mass is 32.2. The summed E-state index contributed by atoms with van der Waals surface area (Å²) in [7, 11) is -3.12. The lowest BCUT2D eigenvalue weighted by Gasteiger charge is -2.31. The van der Waals surface area contributed by atoms with E-state index in [9.17, 15) is 8.42 Å². The quantitative estimate of drug-likeness (QED) is 0.671. The van der Waals surface area contributed by atoms with Gasteiger partial charge in [0.05, 0.1) is 11.9 Å². The topological polar surface area (TPSA) is 72.6 Å². The molecular formula is C12H26N2O3S. The van der Waals surface area contributed by atoms with Crippen LogP contribution >= 0.6 is 0 Å². The second kappa shape index (κ2) is 8.09. The van der Waals surface area contributed by atoms with Gasteiger partial charge in [0, 0.05) is 19.7 Å². The summed E-state index contributed by atoms with van der Waals surface area (Å²) in [6.07, 6.45) is 4.32. The van der Waals surface area contributed by atoms with E-state index in [0.717, 1.165) is 25.7 Å². The molecule has 18 heavy (non-hydrogen) atoms. The number of nitrogens with zero attached hydrogens (tertiary/aromatic N) is 1. The van der Waals surface area contributed by atoms with Crippen LogP contribution < -0.4 is 5.73 Å². The van der Waals surface area contributed by atoms with Crippen molar-refractivity contribution in [2.45, 2.75) is 45.1 Å². The molecule has 1 fully saturated rings. The van der Waals surface area contributed by atoms with Crippen LogP contribution in [0.3, 0.4) is 0 Å². The molecule has 108 valence electrons. The highest BCUT2D eigenvalue weighted by Gasteiger charge is 2.28. The maximum absolute atomic E-state index is 12.1. The van der Waals surface area contributed by atoms with Crippen molar-refractivity contribution in [1.82, 2.24) is 4.31 Å². The smallest absolute Gasteiger partial charge is 0.214 e. The number of rotatable bonds is 8. The third kappa shape index (κ3) is 5.22. The molecule has 0 saturated carbocycles. The number of unbranched alkanes of at least 4 members (excludes halogenated alkanes) is 1. The Balaban J connectivity index is 2.43. The van der Waals surface area contributed by atoms with Crippen molar-refractivity contribution in [3.05, 3.63) is 0 Å². The molecule has 5 nitrogen and oxygen atoms in total. The summed E-state index contributed by atoms with van der Waals surface area (Å²) in [5.41, 5.74) is 5.38. The molecule has 1 aliphatic heterocycles. The third-order valence-electron chi connectivity index (χ3n) is 3.15. The van der Waals surface area contributed by atoms with Crippen LogP contribution in [0.2, 0.25) is 0 Å². The molecule has 1 saturated heterocycles. The van der Waals surface area contributed by atoms with Gasteiger partial charge in [-0.15, -0.1) is 0 Å². The van der Waals surface area contributed by atoms with Gasteiger partial charge in [0.25, 0.3) is 0 Å². The Kier molecular flexibility index (Phi) is 7.14. The highest BCUT2D eigenvalue weighted by molar-refractivity contribution is 7.89. The molecule has 0 bridgehead atoms. The van der Waals surface area contributed by atoms with Crippen molar-refractivity contribution in [3.8, 4) is 0 Å². The number of sulfonamides is 1. The third-order valence-corrected chi connectivity index (χ3v) is 5.07. The van der Waals surface area contributed by atoms with Gasteiger partial charge in [-0.1, -0.05) is 6.92 Å². The zero-order chi connectivity index (χ0) is 13.4. The molecular weight excluding hydrogens is 252 g/mol. The number of hydrogen-bond acceptors (Lipinski definition) is 4. The second-order valence-corrected chi connectivity index (χ2v) is 6.89. The summed E-state index contributed by atoms with van der Waals surface area (Å²) < 4.78 is 31.5. The lowest BCUT2D eigenvalue weighted by atomic mass is 10.1. The summed E-state index contributed by atoms with van der Waals surface area (Å²) in [5.74, 6) is 0.213. The van der Waals surface area contributed by atoms with Crippen molar-refractivity contribution < 1.29 is 13.2 Å². The van der Waals surface area contributed by atoms with Gasteiger partial charge < -0.3 is 10.5 Å². The predicted octanol–water partition coefficient (Wildman–Crippen LogP) is 0.946. The van der Waals surface area contributed by atoms with E-state index < -0.39 is 10.0 Å². The fourth-order valence-electron chi connectivity index (χ4n) is 2.14. The molecule has 0 aromatic heterocycles. The Morgan fingerprint density at radius 3 is 2.83 bits per heavy atom. The Hall–Kier alpha value is -0.170. The Labute approximate surface area is 111 Å². The normalized spacial score (nSPS) is 22.2. The molecule has 1 heterocycles. The van der Waals surface area contributed by atoms with Gasteiger partial charge in [0.15, 0.2) is 0 Å². The van der Waals surface area contributed by atoms with E-state index in [-0.39, 0.29) is 11.9 Å². The molecule has 1 rings (SSSR count). The standard InChI is InChI=1S/C12H26N2O3S/c1-2-9-17-12-6-5-8-14(11-12)18(15,16)10-4-3-7-13/h12H,2-11,13H2,1H3. The fourth-order valence-corrected chi connectivity index (χ4v) is 3.76. The van der Waals surface area contributed by atoms with Gasteiger partial charge in [-0.25, -0.2) is 8.42 Å². The molecule has 0 spiro atoms. The van der Waals surface area contributed by atoms with E-state index in [2.05, 4.69) is 6.92 Å². The van der Waals surface area contributed by atoms with Crippen LogP contribution in [0.15, 0.2) is 0 Å². The maximum Gasteiger partial charge on any atom is 0.214 e. The molecule has 0 aromatic rings. The van der Waals surface area contributed by atoms with Crippen LogP contribution in [0.4, 0.5) is 0 Å². The minimum atomic E-state index is -3.12. The SMILES string of the molecule is CCCOC1CCCN(S(=O)(=O)CCCCN)C1. The van der Waals surface area contributed by atoms with Crippen molar-refractivity contribution in [2.24, 2.45) is 5.73 Å². The van der Waals surface area contributed by atoms with E-state index >= 15 is 0 Å². The van der Waals surface area contributed by atoms with Crippen molar-refractivity contribution in [2.75, 3.05) is 32.0 Å². The van der Waals surface area contributed by atoms with E-state index in [4.69, 9.17) is 10.5 Å². The number of hydrogen-bond donors (Lipinski definition) is 1. The Morgan fingerprint density at radius 1 is 1.39 bits per heavy atom. The lowest BCUT2D eigenvalue weighted by molar-refractivity contribution is 0.0193. The molecule has 1 aliphatic rings. The predicted molar refractivity (Wildman–Crippen MR) is 72.9 cm³/mol. The lowest BCUT2D eigenvalue weighted by Crippen LogP contribution is -2.44. The molecule has 2 N–H and O–H groups in total. The minimum Gasteiger partial charge on any atom is -0.377 e. The van der Waals surface area contributed by atoms with E-state index in [1.54, 1.807) is 4.31 Å². The Bertz CT molecular complexity index is 319.